The second kappa shape index (κ2) is 3.55. The quantitative estimate of drug-likeness (QED) is 0.749. The molecule has 0 amide bonds. The molecule has 0 saturated heterocycles. The molecular formula is C12H19NO. The van der Waals surface area contributed by atoms with E-state index in [-0.39, 0.29) is 5.41 Å². The van der Waals surface area contributed by atoms with Gasteiger partial charge >= 0.3 is 0 Å². The van der Waals surface area contributed by atoms with Gasteiger partial charge in [0.25, 0.3) is 0 Å². The Labute approximate surface area is 85.9 Å². The average molecular weight is 193 g/mol. The van der Waals surface area contributed by atoms with E-state index in [0.29, 0.717) is 0 Å². The van der Waals surface area contributed by atoms with Gasteiger partial charge in [-0.15, -0.1) is 0 Å². The van der Waals surface area contributed by atoms with Crippen LogP contribution in [-0.4, -0.2) is 10.7 Å². The number of hydrogen-bond donors (Lipinski definition) is 1. The number of nitrogens with zero attached hydrogens (tertiary/aromatic N) is 1. The van der Waals surface area contributed by atoms with Crippen molar-refractivity contribution in [1.82, 2.24) is 0 Å². The van der Waals surface area contributed by atoms with Crippen LogP contribution in [0.25, 0.3) is 0 Å². The summed E-state index contributed by atoms with van der Waals surface area (Å²) in [7, 11) is 0. The lowest BCUT2D eigenvalue weighted by molar-refractivity contribution is -0.0470. The lowest BCUT2D eigenvalue weighted by Crippen LogP contribution is -2.37. The Balaban J connectivity index is 1.86. The normalized spacial score (nSPS) is 28.0. The summed E-state index contributed by atoms with van der Waals surface area (Å²) >= 11 is 0. The van der Waals surface area contributed by atoms with E-state index in [1.807, 2.05) is 0 Å². The maximum absolute atomic E-state index is 9.97. The van der Waals surface area contributed by atoms with E-state index in [0.717, 1.165) is 44.9 Å². The summed E-state index contributed by atoms with van der Waals surface area (Å²) in [5.74, 6) is 0. The van der Waals surface area contributed by atoms with Gasteiger partial charge in [-0.2, -0.15) is 5.26 Å². The molecule has 0 radical (unpaired) electrons. The van der Waals surface area contributed by atoms with Crippen molar-refractivity contribution in [2.75, 3.05) is 0 Å². The van der Waals surface area contributed by atoms with Gasteiger partial charge < -0.3 is 5.11 Å². The van der Waals surface area contributed by atoms with Crippen LogP contribution in [0.3, 0.4) is 0 Å². The van der Waals surface area contributed by atoms with Gasteiger partial charge in [0, 0.05) is 0 Å². The van der Waals surface area contributed by atoms with Gasteiger partial charge in [-0.3, -0.25) is 0 Å². The molecule has 78 valence electrons. The summed E-state index contributed by atoms with van der Waals surface area (Å²) in [4.78, 5) is 0. The maximum atomic E-state index is 9.97. The van der Waals surface area contributed by atoms with Crippen molar-refractivity contribution in [2.45, 2.75) is 63.4 Å². The number of rotatable bonds is 3. The monoisotopic (exact) mass is 193 g/mol. The summed E-state index contributed by atoms with van der Waals surface area (Å²) in [6, 6.07) is 2.49. The van der Waals surface area contributed by atoms with E-state index in [2.05, 4.69) is 6.07 Å². The molecule has 2 aliphatic carbocycles. The molecule has 0 aromatic heterocycles. The molecule has 2 aliphatic rings. The van der Waals surface area contributed by atoms with Gasteiger partial charge in [-0.1, -0.05) is 12.8 Å². The van der Waals surface area contributed by atoms with Crippen LogP contribution in [0, 0.1) is 16.7 Å². The summed E-state index contributed by atoms with van der Waals surface area (Å²) < 4.78 is 0. The molecule has 0 bridgehead atoms. The molecule has 2 saturated carbocycles. The van der Waals surface area contributed by atoms with Crippen LogP contribution in [0.5, 0.6) is 0 Å². The van der Waals surface area contributed by atoms with E-state index in [1.165, 1.54) is 12.8 Å². The van der Waals surface area contributed by atoms with Crippen molar-refractivity contribution in [3.05, 3.63) is 0 Å². The topological polar surface area (TPSA) is 44.0 Å². The molecule has 2 fully saturated rings. The third kappa shape index (κ3) is 1.79. The molecule has 0 aromatic rings. The van der Waals surface area contributed by atoms with E-state index < -0.39 is 5.60 Å². The highest BCUT2D eigenvalue weighted by Crippen LogP contribution is 2.45. The molecule has 0 spiro atoms. The standard InChI is InChI=1S/C12H19NO/c13-10-11(4-1-2-5-11)8-9-12(14)6-3-7-12/h14H,1-9H2. The zero-order valence-corrected chi connectivity index (χ0v) is 8.76. The van der Waals surface area contributed by atoms with Gasteiger partial charge in [0.2, 0.25) is 0 Å². The third-order valence-corrected chi connectivity index (χ3v) is 4.15. The minimum Gasteiger partial charge on any atom is -0.390 e. The molecular weight excluding hydrogens is 174 g/mol. The Morgan fingerprint density at radius 2 is 1.64 bits per heavy atom. The largest absolute Gasteiger partial charge is 0.390 e. The minimum absolute atomic E-state index is 0.0781. The van der Waals surface area contributed by atoms with Crippen LogP contribution in [-0.2, 0) is 0 Å². The lowest BCUT2D eigenvalue weighted by Gasteiger charge is -2.38. The molecule has 2 rings (SSSR count). The lowest BCUT2D eigenvalue weighted by atomic mass is 9.72. The van der Waals surface area contributed by atoms with Gasteiger partial charge in [0.05, 0.1) is 17.1 Å². The predicted molar refractivity (Wildman–Crippen MR) is 54.5 cm³/mol. The first-order valence-electron chi connectivity index (χ1n) is 5.82. The first-order chi connectivity index (χ1) is 6.68. The Kier molecular flexibility index (Phi) is 2.53. The van der Waals surface area contributed by atoms with E-state index in [9.17, 15) is 10.4 Å². The SMILES string of the molecule is N#CC1(CCC2(O)CCC2)CCCC1. The average Bonchev–Trinajstić information content (AvgIpc) is 2.61. The smallest absolute Gasteiger partial charge is 0.0689 e. The molecule has 0 aliphatic heterocycles. The van der Waals surface area contributed by atoms with Gasteiger partial charge in [0.1, 0.15) is 0 Å². The van der Waals surface area contributed by atoms with Crippen molar-refractivity contribution in [3.63, 3.8) is 0 Å². The summed E-state index contributed by atoms with van der Waals surface area (Å²) in [5, 5.41) is 19.1. The number of nitriles is 1. The minimum atomic E-state index is -0.396. The first kappa shape index (κ1) is 9.98. The molecule has 1 N–H and O–H groups in total. The molecule has 0 aromatic carbocycles. The summed E-state index contributed by atoms with van der Waals surface area (Å²) in [5.41, 5.74) is -0.474. The van der Waals surface area contributed by atoms with Crippen molar-refractivity contribution in [2.24, 2.45) is 5.41 Å². The van der Waals surface area contributed by atoms with Crippen LogP contribution in [0.4, 0.5) is 0 Å². The highest BCUT2D eigenvalue weighted by Gasteiger charge is 2.39. The fraction of sp³-hybridized carbons (Fsp3) is 0.917. The highest BCUT2D eigenvalue weighted by molar-refractivity contribution is 5.03. The van der Waals surface area contributed by atoms with Crippen molar-refractivity contribution in [1.29, 1.82) is 5.26 Å². The molecule has 0 atom stereocenters. The maximum Gasteiger partial charge on any atom is 0.0689 e. The van der Waals surface area contributed by atoms with E-state index in [4.69, 9.17) is 0 Å². The Morgan fingerprint density at radius 3 is 2.07 bits per heavy atom. The Hall–Kier alpha value is -0.550. The zero-order chi connectivity index (χ0) is 10.1. The highest BCUT2D eigenvalue weighted by atomic mass is 16.3. The first-order valence-corrected chi connectivity index (χ1v) is 5.82. The van der Waals surface area contributed by atoms with Crippen LogP contribution in [0.1, 0.15) is 57.8 Å². The molecule has 14 heavy (non-hydrogen) atoms. The fourth-order valence-electron chi connectivity index (χ4n) is 2.78. The zero-order valence-electron chi connectivity index (χ0n) is 8.76. The molecule has 0 heterocycles. The Morgan fingerprint density at radius 1 is 1.00 bits per heavy atom. The molecule has 2 heteroatoms. The molecule has 0 unspecified atom stereocenters. The van der Waals surface area contributed by atoms with Crippen LogP contribution < -0.4 is 0 Å². The van der Waals surface area contributed by atoms with Gasteiger partial charge in [-0.05, 0) is 44.9 Å². The van der Waals surface area contributed by atoms with Crippen LogP contribution >= 0.6 is 0 Å². The van der Waals surface area contributed by atoms with Crippen molar-refractivity contribution < 1.29 is 5.11 Å². The predicted octanol–water partition coefficient (Wildman–Crippen LogP) is 2.77. The summed E-state index contributed by atoms with van der Waals surface area (Å²) in [6.45, 7) is 0. The van der Waals surface area contributed by atoms with Crippen LogP contribution in [0.2, 0.25) is 0 Å². The number of aliphatic hydroxyl groups is 1. The number of hydrogen-bond acceptors (Lipinski definition) is 2. The van der Waals surface area contributed by atoms with E-state index in [1.54, 1.807) is 0 Å². The van der Waals surface area contributed by atoms with Gasteiger partial charge in [0.15, 0.2) is 0 Å². The van der Waals surface area contributed by atoms with Crippen LogP contribution in [0.15, 0.2) is 0 Å². The fourth-order valence-corrected chi connectivity index (χ4v) is 2.78. The molecule has 2 nitrogen and oxygen atoms in total. The van der Waals surface area contributed by atoms with Crippen molar-refractivity contribution >= 4 is 0 Å². The third-order valence-electron chi connectivity index (χ3n) is 4.15. The second-order valence-corrected chi connectivity index (χ2v) is 5.18. The van der Waals surface area contributed by atoms with E-state index >= 15 is 0 Å². The van der Waals surface area contributed by atoms with Crippen molar-refractivity contribution in [3.8, 4) is 6.07 Å². The summed E-state index contributed by atoms with van der Waals surface area (Å²) in [6.07, 6.45) is 9.34. The van der Waals surface area contributed by atoms with Gasteiger partial charge in [-0.25, -0.2) is 0 Å². The Bertz CT molecular complexity index is 244. The second-order valence-electron chi connectivity index (χ2n) is 5.18.